The molecule has 0 aromatic carbocycles. The van der Waals surface area contributed by atoms with Gasteiger partial charge < -0.3 is 15.3 Å². The molecule has 0 radical (unpaired) electrons. The first-order valence-electron chi connectivity index (χ1n) is 6.23. The van der Waals surface area contributed by atoms with Crippen molar-refractivity contribution < 1.29 is 19.5 Å². The van der Waals surface area contributed by atoms with Crippen molar-refractivity contribution in [2.45, 2.75) is 39.2 Å². The average molecular weight is 256 g/mol. The summed E-state index contributed by atoms with van der Waals surface area (Å²) in [4.78, 5) is 35.8. The van der Waals surface area contributed by atoms with E-state index >= 15 is 0 Å². The van der Waals surface area contributed by atoms with E-state index in [-0.39, 0.29) is 17.7 Å². The Kier molecular flexibility index (Phi) is 5.12. The van der Waals surface area contributed by atoms with Gasteiger partial charge in [-0.2, -0.15) is 0 Å². The molecule has 1 unspecified atom stereocenters. The number of hydrogen-bond donors (Lipinski definition) is 2. The Hall–Kier alpha value is -1.59. The van der Waals surface area contributed by atoms with Crippen molar-refractivity contribution in [2.24, 2.45) is 5.92 Å². The van der Waals surface area contributed by atoms with Crippen molar-refractivity contribution in [3.8, 4) is 0 Å². The zero-order valence-electron chi connectivity index (χ0n) is 10.8. The number of rotatable bonds is 4. The fourth-order valence-corrected chi connectivity index (χ4v) is 2.08. The highest BCUT2D eigenvalue weighted by atomic mass is 16.4. The number of piperidine rings is 1. The Bertz CT molecular complexity index is 341. The lowest BCUT2D eigenvalue weighted by Gasteiger charge is -2.35. The molecule has 1 fully saturated rings. The summed E-state index contributed by atoms with van der Waals surface area (Å²) < 4.78 is 0. The summed E-state index contributed by atoms with van der Waals surface area (Å²) in [5.41, 5.74) is 0. The fourth-order valence-electron chi connectivity index (χ4n) is 2.08. The molecule has 1 rings (SSSR count). The topological polar surface area (TPSA) is 86.7 Å². The number of nitrogens with zero attached hydrogens (tertiary/aromatic N) is 1. The molecule has 0 spiro atoms. The maximum atomic E-state index is 12.0. The minimum absolute atomic E-state index is 0.0508. The van der Waals surface area contributed by atoms with Gasteiger partial charge in [0.05, 0.1) is 0 Å². The number of amides is 2. The van der Waals surface area contributed by atoms with Crippen LogP contribution in [0.1, 0.15) is 33.1 Å². The van der Waals surface area contributed by atoms with E-state index in [1.807, 2.05) is 0 Å². The SMILES string of the molecule is CC(C)C(=O)N1CCCCC1C(=O)NCC(=O)O. The summed E-state index contributed by atoms with van der Waals surface area (Å²) in [6.45, 7) is 3.76. The van der Waals surface area contributed by atoms with E-state index in [1.54, 1.807) is 18.7 Å². The summed E-state index contributed by atoms with van der Waals surface area (Å²) in [6, 6.07) is -0.520. The van der Waals surface area contributed by atoms with Crippen LogP contribution in [0, 0.1) is 5.92 Å². The number of carboxylic acid groups (broad SMARTS) is 1. The monoisotopic (exact) mass is 256 g/mol. The highest BCUT2D eigenvalue weighted by molar-refractivity contribution is 5.90. The molecule has 0 saturated carbocycles. The molecular weight excluding hydrogens is 236 g/mol. The van der Waals surface area contributed by atoms with Crippen LogP contribution < -0.4 is 5.32 Å². The third-order valence-electron chi connectivity index (χ3n) is 3.00. The van der Waals surface area contributed by atoms with Crippen LogP contribution in [-0.4, -0.2) is 46.9 Å². The second-order valence-corrected chi connectivity index (χ2v) is 4.81. The molecule has 0 bridgehead atoms. The van der Waals surface area contributed by atoms with Crippen LogP contribution in [0.4, 0.5) is 0 Å². The fraction of sp³-hybridized carbons (Fsp3) is 0.750. The van der Waals surface area contributed by atoms with Gasteiger partial charge in [0.2, 0.25) is 11.8 Å². The van der Waals surface area contributed by atoms with Crippen LogP contribution in [-0.2, 0) is 14.4 Å². The number of likely N-dealkylation sites (tertiary alicyclic amines) is 1. The summed E-state index contributed by atoms with van der Waals surface area (Å²) >= 11 is 0. The van der Waals surface area contributed by atoms with Gasteiger partial charge in [0.15, 0.2) is 0 Å². The number of carbonyl (C=O) groups is 3. The van der Waals surface area contributed by atoms with Gasteiger partial charge in [0.25, 0.3) is 0 Å². The van der Waals surface area contributed by atoms with Crippen LogP contribution >= 0.6 is 0 Å². The van der Waals surface area contributed by atoms with Gasteiger partial charge in [0.1, 0.15) is 12.6 Å². The zero-order valence-corrected chi connectivity index (χ0v) is 10.8. The Balaban J connectivity index is 2.67. The van der Waals surface area contributed by atoms with E-state index in [0.29, 0.717) is 13.0 Å². The second-order valence-electron chi connectivity index (χ2n) is 4.81. The molecule has 1 aliphatic rings. The van der Waals surface area contributed by atoms with Crippen molar-refractivity contribution in [1.82, 2.24) is 10.2 Å². The van der Waals surface area contributed by atoms with Gasteiger partial charge in [-0.1, -0.05) is 13.8 Å². The van der Waals surface area contributed by atoms with E-state index < -0.39 is 18.6 Å². The van der Waals surface area contributed by atoms with E-state index in [1.165, 1.54) is 0 Å². The van der Waals surface area contributed by atoms with Crippen LogP contribution in [0.15, 0.2) is 0 Å². The van der Waals surface area contributed by atoms with Gasteiger partial charge in [-0.15, -0.1) is 0 Å². The van der Waals surface area contributed by atoms with Gasteiger partial charge in [0, 0.05) is 12.5 Å². The Morgan fingerprint density at radius 2 is 2.00 bits per heavy atom. The van der Waals surface area contributed by atoms with Gasteiger partial charge in [-0.3, -0.25) is 14.4 Å². The molecule has 6 nitrogen and oxygen atoms in total. The number of nitrogens with one attached hydrogen (secondary N) is 1. The quantitative estimate of drug-likeness (QED) is 0.753. The third-order valence-corrected chi connectivity index (χ3v) is 3.00. The lowest BCUT2D eigenvalue weighted by atomic mass is 9.99. The summed E-state index contributed by atoms with van der Waals surface area (Å²) in [6.07, 6.45) is 2.37. The molecule has 2 N–H and O–H groups in total. The molecule has 6 heteroatoms. The predicted octanol–water partition coefficient (Wildman–Crippen LogP) is 0.224. The van der Waals surface area contributed by atoms with Crippen LogP contribution in [0.5, 0.6) is 0 Å². The van der Waals surface area contributed by atoms with E-state index in [0.717, 1.165) is 12.8 Å². The van der Waals surface area contributed by atoms with Gasteiger partial charge in [-0.25, -0.2) is 0 Å². The lowest BCUT2D eigenvalue weighted by molar-refractivity contribution is -0.145. The Labute approximate surface area is 106 Å². The molecule has 102 valence electrons. The molecule has 18 heavy (non-hydrogen) atoms. The summed E-state index contributed by atoms with van der Waals surface area (Å²) in [7, 11) is 0. The average Bonchev–Trinajstić information content (AvgIpc) is 2.34. The summed E-state index contributed by atoms with van der Waals surface area (Å²) in [5.74, 6) is -1.66. The number of aliphatic carboxylic acids is 1. The standard InChI is InChI=1S/C12H20N2O4/c1-8(2)12(18)14-6-4-3-5-9(14)11(17)13-7-10(15)16/h8-9H,3-7H2,1-2H3,(H,13,17)(H,15,16). The van der Waals surface area contributed by atoms with Crippen molar-refractivity contribution in [2.75, 3.05) is 13.1 Å². The maximum absolute atomic E-state index is 12.0. The number of carboxylic acids is 1. The molecule has 1 aliphatic heterocycles. The normalized spacial score (nSPS) is 19.7. The number of hydrogen-bond acceptors (Lipinski definition) is 3. The maximum Gasteiger partial charge on any atom is 0.322 e. The molecule has 1 heterocycles. The highest BCUT2D eigenvalue weighted by Crippen LogP contribution is 2.19. The molecule has 2 amide bonds. The molecule has 1 atom stereocenters. The van der Waals surface area contributed by atoms with E-state index in [9.17, 15) is 14.4 Å². The van der Waals surface area contributed by atoms with Crippen LogP contribution in [0.25, 0.3) is 0 Å². The summed E-state index contributed by atoms with van der Waals surface area (Å²) in [5, 5.41) is 10.9. The molecule has 0 aromatic rings. The molecule has 0 aromatic heterocycles. The van der Waals surface area contributed by atoms with E-state index in [2.05, 4.69) is 5.32 Å². The van der Waals surface area contributed by atoms with E-state index in [4.69, 9.17) is 5.11 Å². The lowest BCUT2D eigenvalue weighted by Crippen LogP contribution is -2.53. The highest BCUT2D eigenvalue weighted by Gasteiger charge is 2.32. The first-order chi connectivity index (χ1) is 8.43. The molecular formula is C12H20N2O4. The van der Waals surface area contributed by atoms with Crippen molar-refractivity contribution in [3.63, 3.8) is 0 Å². The Morgan fingerprint density at radius 3 is 2.56 bits per heavy atom. The third kappa shape index (κ3) is 3.72. The first kappa shape index (κ1) is 14.5. The smallest absolute Gasteiger partial charge is 0.322 e. The first-order valence-corrected chi connectivity index (χ1v) is 6.23. The molecule has 1 saturated heterocycles. The largest absolute Gasteiger partial charge is 0.480 e. The van der Waals surface area contributed by atoms with Gasteiger partial charge in [-0.05, 0) is 19.3 Å². The second kappa shape index (κ2) is 6.37. The van der Waals surface area contributed by atoms with Crippen molar-refractivity contribution >= 4 is 17.8 Å². The zero-order chi connectivity index (χ0) is 13.7. The minimum atomic E-state index is -1.08. The van der Waals surface area contributed by atoms with Crippen molar-refractivity contribution in [1.29, 1.82) is 0 Å². The number of carbonyl (C=O) groups excluding carboxylic acids is 2. The van der Waals surface area contributed by atoms with Crippen LogP contribution in [0.2, 0.25) is 0 Å². The minimum Gasteiger partial charge on any atom is -0.480 e. The van der Waals surface area contributed by atoms with Crippen molar-refractivity contribution in [3.05, 3.63) is 0 Å². The Morgan fingerprint density at radius 1 is 1.33 bits per heavy atom. The van der Waals surface area contributed by atoms with Gasteiger partial charge >= 0.3 is 5.97 Å². The molecule has 0 aliphatic carbocycles. The predicted molar refractivity (Wildman–Crippen MR) is 64.8 cm³/mol. The van der Waals surface area contributed by atoms with Crippen LogP contribution in [0.3, 0.4) is 0 Å².